The van der Waals surface area contributed by atoms with Crippen molar-refractivity contribution < 1.29 is 9.90 Å². The summed E-state index contributed by atoms with van der Waals surface area (Å²) in [6.45, 7) is 7.17. The molecule has 3 nitrogen and oxygen atoms in total. The van der Waals surface area contributed by atoms with Gasteiger partial charge in [0, 0.05) is 18.5 Å². The topological polar surface area (TPSA) is 40.5 Å². The van der Waals surface area contributed by atoms with Crippen LogP contribution in [0.1, 0.15) is 43.5 Å². The van der Waals surface area contributed by atoms with E-state index >= 15 is 0 Å². The third kappa shape index (κ3) is 4.88. The van der Waals surface area contributed by atoms with Crippen LogP contribution in [0.2, 0.25) is 0 Å². The maximum absolute atomic E-state index is 11.9. The van der Waals surface area contributed by atoms with Gasteiger partial charge in [0.1, 0.15) is 5.75 Å². The second kappa shape index (κ2) is 7.88. The molecular formula is C15H23NO2. The van der Waals surface area contributed by atoms with Crippen LogP contribution in [0, 0.1) is 0 Å². The number of unbranched alkanes of at least 4 members (excludes halogenated alkanes) is 1. The standard InChI is InChI=1S/C15H23NO2/c1-3-5-11-16(4-2)12-10-15(18)13-6-8-14(17)9-7-13/h6-9,17H,3-5,10-12H2,1-2H3. The second-order valence-electron chi connectivity index (χ2n) is 4.51. The summed E-state index contributed by atoms with van der Waals surface area (Å²) in [5, 5.41) is 9.17. The number of carbonyl (C=O) groups is 1. The van der Waals surface area contributed by atoms with Gasteiger partial charge < -0.3 is 10.0 Å². The Balaban J connectivity index is 2.42. The highest BCUT2D eigenvalue weighted by Gasteiger charge is 2.08. The highest BCUT2D eigenvalue weighted by atomic mass is 16.3. The average Bonchev–Trinajstić information content (AvgIpc) is 2.39. The lowest BCUT2D eigenvalue weighted by Gasteiger charge is -2.19. The van der Waals surface area contributed by atoms with E-state index in [0.29, 0.717) is 12.0 Å². The Bertz CT molecular complexity index is 359. The summed E-state index contributed by atoms with van der Waals surface area (Å²) in [6.07, 6.45) is 2.91. The van der Waals surface area contributed by atoms with Gasteiger partial charge in [-0.25, -0.2) is 0 Å². The molecule has 0 fully saturated rings. The van der Waals surface area contributed by atoms with Crippen molar-refractivity contribution in [1.82, 2.24) is 4.90 Å². The molecule has 0 aliphatic rings. The summed E-state index contributed by atoms with van der Waals surface area (Å²) in [5.74, 6) is 0.342. The van der Waals surface area contributed by atoms with Gasteiger partial charge in [0.2, 0.25) is 0 Å². The Morgan fingerprint density at radius 2 is 1.83 bits per heavy atom. The molecular weight excluding hydrogens is 226 g/mol. The Morgan fingerprint density at radius 1 is 1.17 bits per heavy atom. The van der Waals surface area contributed by atoms with Gasteiger partial charge in [-0.1, -0.05) is 20.3 Å². The van der Waals surface area contributed by atoms with Gasteiger partial charge in [0.15, 0.2) is 5.78 Å². The second-order valence-corrected chi connectivity index (χ2v) is 4.51. The average molecular weight is 249 g/mol. The van der Waals surface area contributed by atoms with Crippen molar-refractivity contribution in [2.75, 3.05) is 19.6 Å². The fraction of sp³-hybridized carbons (Fsp3) is 0.533. The number of nitrogens with zero attached hydrogens (tertiary/aromatic N) is 1. The normalized spacial score (nSPS) is 10.8. The Labute approximate surface area is 109 Å². The molecule has 100 valence electrons. The predicted molar refractivity (Wildman–Crippen MR) is 74.1 cm³/mol. The minimum atomic E-state index is 0.143. The minimum absolute atomic E-state index is 0.143. The highest BCUT2D eigenvalue weighted by molar-refractivity contribution is 5.96. The molecule has 0 bridgehead atoms. The summed E-state index contributed by atoms with van der Waals surface area (Å²) in [5.41, 5.74) is 0.680. The van der Waals surface area contributed by atoms with Crippen LogP contribution in [0.3, 0.4) is 0 Å². The van der Waals surface area contributed by atoms with Crippen molar-refractivity contribution in [3.63, 3.8) is 0 Å². The molecule has 0 saturated heterocycles. The van der Waals surface area contributed by atoms with E-state index < -0.39 is 0 Å². The van der Waals surface area contributed by atoms with E-state index in [1.165, 1.54) is 12.8 Å². The molecule has 1 rings (SSSR count). The van der Waals surface area contributed by atoms with Gasteiger partial charge in [0.25, 0.3) is 0 Å². The molecule has 0 saturated carbocycles. The monoisotopic (exact) mass is 249 g/mol. The molecule has 0 unspecified atom stereocenters. The number of carbonyl (C=O) groups excluding carboxylic acids is 1. The van der Waals surface area contributed by atoms with E-state index in [2.05, 4.69) is 18.7 Å². The lowest BCUT2D eigenvalue weighted by molar-refractivity contribution is 0.0965. The van der Waals surface area contributed by atoms with Crippen molar-refractivity contribution in [3.8, 4) is 5.75 Å². The highest BCUT2D eigenvalue weighted by Crippen LogP contribution is 2.11. The summed E-state index contributed by atoms with van der Waals surface area (Å²) in [7, 11) is 0. The van der Waals surface area contributed by atoms with E-state index in [1.54, 1.807) is 24.3 Å². The van der Waals surface area contributed by atoms with Crippen LogP contribution in [0.5, 0.6) is 5.75 Å². The summed E-state index contributed by atoms with van der Waals surface area (Å²) < 4.78 is 0. The molecule has 0 spiro atoms. The van der Waals surface area contributed by atoms with Crippen LogP contribution < -0.4 is 0 Å². The Kier molecular flexibility index (Phi) is 6.44. The van der Waals surface area contributed by atoms with Crippen LogP contribution >= 0.6 is 0 Å². The number of hydrogen-bond acceptors (Lipinski definition) is 3. The number of rotatable bonds is 8. The Morgan fingerprint density at radius 3 is 2.39 bits per heavy atom. The predicted octanol–water partition coefficient (Wildman–Crippen LogP) is 3.09. The Hall–Kier alpha value is -1.35. The van der Waals surface area contributed by atoms with Gasteiger partial charge in [-0.05, 0) is 43.8 Å². The third-order valence-electron chi connectivity index (χ3n) is 3.12. The van der Waals surface area contributed by atoms with Gasteiger partial charge in [-0.2, -0.15) is 0 Å². The fourth-order valence-corrected chi connectivity index (χ4v) is 1.86. The smallest absolute Gasteiger partial charge is 0.164 e. The first-order chi connectivity index (χ1) is 8.67. The summed E-state index contributed by atoms with van der Waals surface area (Å²) in [6, 6.07) is 6.48. The first-order valence-corrected chi connectivity index (χ1v) is 6.72. The van der Waals surface area contributed by atoms with Crippen LogP contribution in [-0.2, 0) is 0 Å². The van der Waals surface area contributed by atoms with Crippen LogP contribution in [0.4, 0.5) is 0 Å². The van der Waals surface area contributed by atoms with E-state index in [9.17, 15) is 9.90 Å². The number of aromatic hydroxyl groups is 1. The lowest BCUT2D eigenvalue weighted by atomic mass is 10.1. The van der Waals surface area contributed by atoms with Crippen molar-refractivity contribution in [1.29, 1.82) is 0 Å². The van der Waals surface area contributed by atoms with Gasteiger partial charge >= 0.3 is 0 Å². The number of phenols is 1. The van der Waals surface area contributed by atoms with Crippen LogP contribution in [0.15, 0.2) is 24.3 Å². The van der Waals surface area contributed by atoms with Crippen LogP contribution in [-0.4, -0.2) is 35.4 Å². The van der Waals surface area contributed by atoms with Crippen molar-refractivity contribution in [2.24, 2.45) is 0 Å². The number of benzene rings is 1. The first-order valence-electron chi connectivity index (χ1n) is 6.72. The molecule has 0 amide bonds. The minimum Gasteiger partial charge on any atom is -0.508 e. The van der Waals surface area contributed by atoms with E-state index in [-0.39, 0.29) is 11.5 Å². The SMILES string of the molecule is CCCCN(CC)CCC(=O)c1ccc(O)cc1. The van der Waals surface area contributed by atoms with E-state index in [0.717, 1.165) is 19.6 Å². The molecule has 0 aliphatic heterocycles. The van der Waals surface area contributed by atoms with Gasteiger partial charge in [-0.3, -0.25) is 4.79 Å². The van der Waals surface area contributed by atoms with Crippen molar-refractivity contribution in [2.45, 2.75) is 33.1 Å². The van der Waals surface area contributed by atoms with E-state index in [4.69, 9.17) is 0 Å². The van der Waals surface area contributed by atoms with Gasteiger partial charge in [0.05, 0.1) is 0 Å². The number of phenolic OH excluding ortho intramolecular Hbond substituents is 1. The molecule has 1 N–H and O–H groups in total. The third-order valence-corrected chi connectivity index (χ3v) is 3.12. The zero-order chi connectivity index (χ0) is 13.4. The quantitative estimate of drug-likeness (QED) is 0.720. The zero-order valence-corrected chi connectivity index (χ0v) is 11.4. The molecule has 0 atom stereocenters. The maximum Gasteiger partial charge on any atom is 0.164 e. The lowest BCUT2D eigenvalue weighted by Crippen LogP contribution is -2.27. The first kappa shape index (κ1) is 14.7. The molecule has 3 heteroatoms. The molecule has 0 heterocycles. The largest absolute Gasteiger partial charge is 0.508 e. The molecule has 1 aromatic rings. The number of Topliss-reactive ketones (excluding diaryl/α,β-unsaturated/α-hetero) is 1. The molecule has 0 aromatic heterocycles. The molecule has 0 aliphatic carbocycles. The number of hydrogen-bond donors (Lipinski definition) is 1. The fourth-order valence-electron chi connectivity index (χ4n) is 1.86. The maximum atomic E-state index is 11.9. The summed E-state index contributed by atoms with van der Waals surface area (Å²) in [4.78, 5) is 14.2. The number of ketones is 1. The van der Waals surface area contributed by atoms with Crippen molar-refractivity contribution >= 4 is 5.78 Å². The summed E-state index contributed by atoms with van der Waals surface area (Å²) >= 11 is 0. The molecule has 1 aromatic carbocycles. The van der Waals surface area contributed by atoms with Crippen LogP contribution in [0.25, 0.3) is 0 Å². The van der Waals surface area contributed by atoms with Crippen molar-refractivity contribution in [3.05, 3.63) is 29.8 Å². The van der Waals surface area contributed by atoms with Gasteiger partial charge in [-0.15, -0.1) is 0 Å². The van der Waals surface area contributed by atoms with E-state index in [1.807, 2.05) is 0 Å². The zero-order valence-electron chi connectivity index (χ0n) is 11.4. The molecule has 18 heavy (non-hydrogen) atoms. The molecule has 0 radical (unpaired) electrons.